The van der Waals surface area contributed by atoms with Gasteiger partial charge in [-0.3, -0.25) is 4.79 Å². The van der Waals surface area contributed by atoms with Gasteiger partial charge in [-0.15, -0.1) is 0 Å². The molecular formula is C12H15NO2S. The molecule has 2 N–H and O–H groups in total. The van der Waals surface area contributed by atoms with E-state index in [4.69, 9.17) is 22.7 Å². The molecule has 0 amide bonds. The molecule has 1 aromatic carbocycles. The molecule has 0 radical (unpaired) electrons. The van der Waals surface area contributed by atoms with Crippen molar-refractivity contribution >= 4 is 23.0 Å². The minimum atomic E-state index is 0.0440. The number of thiocarbonyl (C=S) groups is 1. The average molecular weight is 237 g/mol. The zero-order valence-corrected chi connectivity index (χ0v) is 10.2. The Kier molecular flexibility index (Phi) is 4.43. The third-order valence-corrected chi connectivity index (χ3v) is 2.65. The maximum atomic E-state index is 11.0. The first-order valence-electron chi connectivity index (χ1n) is 5.04. The summed E-state index contributed by atoms with van der Waals surface area (Å²) in [5.74, 6) is 0.804. The number of Topliss-reactive ketones (excluding diaryl/α,β-unsaturated/α-hetero) is 1. The third kappa shape index (κ3) is 3.62. The Balaban J connectivity index is 2.56. The van der Waals surface area contributed by atoms with Crippen molar-refractivity contribution in [3.8, 4) is 5.75 Å². The Hall–Kier alpha value is -1.42. The van der Waals surface area contributed by atoms with E-state index in [0.29, 0.717) is 22.9 Å². The van der Waals surface area contributed by atoms with E-state index in [9.17, 15) is 4.79 Å². The first-order valence-corrected chi connectivity index (χ1v) is 5.44. The standard InChI is InChI=1S/C12H15NO2S/c1-8(12(13)16)7-15-11-5-3-10(4-6-11)9(2)14/h3-6,8H,7H2,1-2H3,(H2,13,16). The molecule has 0 aliphatic heterocycles. The van der Waals surface area contributed by atoms with Crippen LogP contribution >= 0.6 is 12.2 Å². The number of ketones is 1. The van der Waals surface area contributed by atoms with Crippen LogP contribution in [0.25, 0.3) is 0 Å². The Labute approximate surface area is 101 Å². The molecule has 0 fully saturated rings. The maximum absolute atomic E-state index is 11.0. The highest BCUT2D eigenvalue weighted by atomic mass is 32.1. The molecule has 0 aromatic heterocycles. The first kappa shape index (κ1) is 12.6. The normalized spacial score (nSPS) is 11.9. The topological polar surface area (TPSA) is 52.3 Å². The molecule has 4 heteroatoms. The number of nitrogens with two attached hydrogens (primary N) is 1. The summed E-state index contributed by atoms with van der Waals surface area (Å²) in [6, 6.07) is 7.01. The molecule has 86 valence electrons. The van der Waals surface area contributed by atoms with Crippen LogP contribution in [0, 0.1) is 5.92 Å². The van der Waals surface area contributed by atoms with Crippen molar-refractivity contribution in [1.29, 1.82) is 0 Å². The van der Waals surface area contributed by atoms with Crippen LogP contribution in [0.15, 0.2) is 24.3 Å². The monoisotopic (exact) mass is 237 g/mol. The van der Waals surface area contributed by atoms with Crippen molar-refractivity contribution in [2.24, 2.45) is 11.7 Å². The summed E-state index contributed by atoms with van der Waals surface area (Å²) >= 11 is 4.84. The number of hydrogen-bond donors (Lipinski definition) is 1. The van der Waals surface area contributed by atoms with E-state index < -0.39 is 0 Å². The van der Waals surface area contributed by atoms with E-state index in [1.54, 1.807) is 24.3 Å². The molecule has 1 rings (SSSR count). The van der Waals surface area contributed by atoms with Gasteiger partial charge in [0.2, 0.25) is 0 Å². The van der Waals surface area contributed by atoms with Gasteiger partial charge in [0.25, 0.3) is 0 Å². The van der Waals surface area contributed by atoms with Crippen LogP contribution in [0.3, 0.4) is 0 Å². The minimum absolute atomic E-state index is 0.0440. The van der Waals surface area contributed by atoms with Crippen LogP contribution in [-0.4, -0.2) is 17.4 Å². The van der Waals surface area contributed by atoms with Gasteiger partial charge in [0.1, 0.15) is 5.75 Å². The van der Waals surface area contributed by atoms with Gasteiger partial charge < -0.3 is 10.5 Å². The molecular weight excluding hydrogens is 222 g/mol. The van der Waals surface area contributed by atoms with Gasteiger partial charge in [-0.25, -0.2) is 0 Å². The number of carbonyl (C=O) groups excluding carboxylic acids is 1. The van der Waals surface area contributed by atoms with Crippen LogP contribution in [-0.2, 0) is 0 Å². The van der Waals surface area contributed by atoms with Crippen LogP contribution < -0.4 is 10.5 Å². The zero-order valence-electron chi connectivity index (χ0n) is 9.40. The lowest BCUT2D eigenvalue weighted by Gasteiger charge is -2.11. The number of ether oxygens (including phenoxy) is 1. The van der Waals surface area contributed by atoms with Crippen LogP contribution in [0.2, 0.25) is 0 Å². The molecule has 1 aromatic rings. The lowest BCUT2D eigenvalue weighted by Crippen LogP contribution is -2.24. The van der Waals surface area contributed by atoms with Gasteiger partial charge in [0.05, 0.1) is 11.6 Å². The van der Waals surface area contributed by atoms with Crippen LogP contribution in [0.5, 0.6) is 5.75 Å². The van der Waals surface area contributed by atoms with Crippen LogP contribution in [0.4, 0.5) is 0 Å². The van der Waals surface area contributed by atoms with E-state index in [1.807, 2.05) is 6.92 Å². The van der Waals surface area contributed by atoms with E-state index in [0.717, 1.165) is 0 Å². The van der Waals surface area contributed by atoms with Crippen LogP contribution in [0.1, 0.15) is 24.2 Å². The van der Waals surface area contributed by atoms with Gasteiger partial charge in [-0.2, -0.15) is 0 Å². The molecule has 0 aliphatic rings. The summed E-state index contributed by atoms with van der Waals surface area (Å²) in [5, 5.41) is 0. The van der Waals surface area contributed by atoms with E-state index >= 15 is 0 Å². The van der Waals surface area contributed by atoms with E-state index in [2.05, 4.69) is 0 Å². The molecule has 1 atom stereocenters. The number of carbonyl (C=O) groups is 1. The largest absolute Gasteiger partial charge is 0.493 e. The van der Waals surface area contributed by atoms with Crippen molar-refractivity contribution in [1.82, 2.24) is 0 Å². The fourth-order valence-electron chi connectivity index (χ4n) is 1.09. The van der Waals surface area contributed by atoms with E-state index in [1.165, 1.54) is 6.92 Å². The Morgan fingerprint density at radius 1 is 1.44 bits per heavy atom. The second-order valence-electron chi connectivity index (χ2n) is 3.69. The molecule has 0 heterocycles. The maximum Gasteiger partial charge on any atom is 0.159 e. The highest BCUT2D eigenvalue weighted by molar-refractivity contribution is 7.80. The summed E-state index contributed by atoms with van der Waals surface area (Å²) in [7, 11) is 0. The Bertz CT molecular complexity index is 387. The third-order valence-electron chi connectivity index (χ3n) is 2.25. The smallest absolute Gasteiger partial charge is 0.159 e. The fraction of sp³-hybridized carbons (Fsp3) is 0.333. The molecule has 0 aliphatic carbocycles. The highest BCUT2D eigenvalue weighted by Gasteiger charge is 2.06. The summed E-state index contributed by atoms with van der Waals surface area (Å²) < 4.78 is 5.49. The second kappa shape index (κ2) is 5.61. The van der Waals surface area contributed by atoms with Gasteiger partial charge in [0, 0.05) is 11.5 Å². The van der Waals surface area contributed by atoms with Gasteiger partial charge in [0.15, 0.2) is 5.78 Å². The number of hydrogen-bond acceptors (Lipinski definition) is 3. The first-order chi connectivity index (χ1) is 7.50. The summed E-state index contributed by atoms with van der Waals surface area (Å²) in [6.07, 6.45) is 0. The molecule has 3 nitrogen and oxygen atoms in total. The summed E-state index contributed by atoms with van der Waals surface area (Å²) in [5.41, 5.74) is 6.15. The Morgan fingerprint density at radius 2 is 2.00 bits per heavy atom. The fourth-order valence-corrected chi connectivity index (χ4v) is 1.16. The zero-order chi connectivity index (χ0) is 12.1. The highest BCUT2D eigenvalue weighted by Crippen LogP contribution is 2.13. The van der Waals surface area contributed by atoms with Crippen molar-refractivity contribution < 1.29 is 9.53 Å². The molecule has 0 bridgehead atoms. The molecule has 0 saturated heterocycles. The Morgan fingerprint density at radius 3 is 2.44 bits per heavy atom. The lowest BCUT2D eigenvalue weighted by atomic mass is 10.1. The van der Waals surface area contributed by atoms with Crippen molar-refractivity contribution in [2.75, 3.05) is 6.61 Å². The van der Waals surface area contributed by atoms with Crippen molar-refractivity contribution in [2.45, 2.75) is 13.8 Å². The van der Waals surface area contributed by atoms with E-state index in [-0.39, 0.29) is 11.7 Å². The summed E-state index contributed by atoms with van der Waals surface area (Å²) in [4.78, 5) is 11.5. The minimum Gasteiger partial charge on any atom is -0.493 e. The van der Waals surface area contributed by atoms with Gasteiger partial charge in [-0.05, 0) is 31.2 Å². The number of benzene rings is 1. The second-order valence-corrected chi connectivity index (χ2v) is 4.17. The summed E-state index contributed by atoms with van der Waals surface area (Å²) in [6.45, 7) is 3.89. The predicted molar refractivity (Wildman–Crippen MR) is 67.9 cm³/mol. The van der Waals surface area contributed by atoms with Gasteiger partial charge in [-0.1, -0.05) is 19.1 Å². The average Bonchev–Trinajstić information content (AvgIpc) is 2.26. The van der Waals surface area contributed by atoms with Gasteiger partial charge >= 0.3 is 0 Å². The van der Waals surface area contributed by atoms with Crippen molar-refractivity contribution in [3.63, 3.8) is 0 Å². The quantitative estimate of drug-likeness (QED) is 0.630. The molecule has 0 spiro atoms. The lowest BCUT2D eigenvalue weighted by molar-refractivity contribution is 0.101. The molecule has 16 heavy (non-hydrogen) atoms. The molecule has 0 saturated carbocycles. The predicted octanol–water partition coefficient (Wildman–Crippen LogP) is 2.19. The molecule has 1 unspecified atom stereocenters. The SMILES string of the molecule is CC(=O)c1ccc(OCC(C)C(N)=S)cc1. The van der Waals surface area contributed by atoms with Crippen molar-refractivity contribution in [3.05, 3.63) is 29.8 Å². The number of rotatable bonds is 5.